The summed E-state index contributed by atoms with van der Waals surface area (Å²) >= 11 is 0. The largest absolute Gasteiger partial charge is 0.493 e. The molecule has 1 heterocycles. The van der Waals surface area contributed by atoms with Gasteiger partial charge in [-0.25, -0.2) is 0 Å². The lowest BCUT2D eigenvalue weighted by Gasteiger charge is -2.34. The van der Waals surface area contributed by atoms with Crippen LogP contribution in [0.5, 0.6) is 11.5 Å². The molecule has 26 heavy (non-hydrogen) atoms. The van der Waals surface area contributed by atoms with Gasteiger partial charge in [-0.2, -0.15) is 0 Å². The molecule has 0 bridgehead atoms. The van der Waals surface area contributed by atoms with Crippen LogP contribution in [0.1, 0.15) is 18.9 Å². The maximum Gasteiger partial charge on any atom is 0.305 e. The van der Waals surface area contributed by atoms with Gasteiger partial charge in [0.2, 0.25) is 5.91 Å². The zero-order valence-corrected chi connectivity index (χ0v) is 15.2. The molecule has 0 aromatic heterocycles. The highest BCUT2D eigenvalue weighted by molar-refractivity contribution is 5.86. The Balaban J connectivity index is 2.17. The SMILES string of the molecule is CCOCCOc1c(CN2CCNC(=O)C2CC(=O)O)cccc1OC. The van der Waals surface area contributed by atoms with E-state index in [4.69, 9.17) is 19.3 Å². The number of benzene rings is 1. The first-order valence-electron chi connectivity index (χ1n) is 8.66. The monoisotopic (exact) mass is 366 g/mol. The van der Waals surface area contributed by atoms with Crippen molar-refractivity contribution in [3.63, 3.8) is 0 Å². The predicted molar refractivity (Wildman–Crippen MR) is 94.4 cm³/mol. The topological polar surface area (TPSA) is 97.3 Å². The van der Waals surface area contributed by atoms with Crippen LogP contribution in [0.25, 0.3) is 0 Å². The van der Waals surface area contributed by atoms with E-state index in [-0.39, 0.29) is 12.3 Å². The summed E-state index contributed by atoms with van der Waals surface area (Å²) in [6, 6.07) is 4.84. The molecule has 2 N–H and O–H groups in total. The minimum Gasteiger partial charge on any atom is -0.493 e. The summed E-state index contributed by atoms with van der Waals surface area (Å²) in [6.45, 7) is 4.81. The van der Waals surface area contributed by atoms with Gasteiger partial charge < -0.3 is 24.6 Å². The number of aliphatic carboxylic acids is 1. The molecular weight excluding hydrogens is 340 g/mol. The zero-order valence-electron chi connectivity index (χ0n) is 15.2. The molecule has 0 aliphatic carbocycles. The Kier molecular flexibility index (Phi) is 7.68. The number of carboxylic acid groups (broad SMARTS) is 1. The number of nitrogens with zero attached hydrogens (tertiary/aromatic N) is 1. The third-order valence-electron chi connectivity index (χ3n) is 4.14. The fourth-order valence-corrected chi connectivity index (χ4v) is 2.91. The third-order valence-corrected chi connectivity index (χ3v) is 4.14. The summed E-state index contributed by atoms with van der Waals surface area (Å²) in [5, 5.41) is 11.8. The first-order chi connectivity index (χ1) is 12.6. The lowest BCUT2D eigenvalue weighted by molar-refractivity contribution is -0.143. The van der Waals surface area contributed by atoms with Crippen molar-refractivity contribution in [2.75, 3.05) is 40.0 Å². The fraction of sp³-hybridized carbons (Fsp3) is 0.556. The minimum atomic E-state index is -1.00. The average Bonchev–Trinajstić information content (AvgIpc) is 2.62. The smallest absolute Gasteiger partial charge is 0.305 e. The quantitative estimate of drug-likeness (QED) is 0.594. The molecule has 1 saturated heterocycles. The lowest BCUT2D eigenvalue weighted by atomic mass is 10.1. The number of piperazine rings is 1. The van der Waals surface area contributed by atoms with Crippen molar-refractivity contribution in [3.05, 3.63) is 23.8 Å². The number of para-hydroxylation sites is 1. The van der Waals surface area contributed by atoms with Crippen LogP contribution in [0.15, 0.2) is 18.2 Å². The lowest BCUT2D eigenvalue weighted by Crippen LogP contribution is -2.55. The Labute approximate surface area is 153 Å². The van der Waals surface area contributed by atoms with E-state index in [1.807, 2.05) is 24.0 Å². The summed E-state index contributed by atoms with van der Waals surface area (Å²) in [7, 11) is 1.57. The molecule has 1 atom stereocenters. The van der Waals surface area contributed by atoms with Gasteiger partial charge in [-0.15, -0.1) is 0 Å². The van der Waals surface area contributed by atoms with Gasteiger partial charge >= 0.3 is 5.97 Å². The van der Waals surface area contributed by atoms with Crippen LogP contribution in [0.2, 0.25) is 0 Å². The molecule has 1 aromatic carbocycles. The van der Waals surface area contributed by atoms with Crippen molar-refractivity contribution in [3.8, 4) is 11.5 Å². The van der Waals surface area contributed by atoms with Gasteiger partial charge in [-0.3, -0.25) is 14.5 Å². The van der Waals surface area contributed by atoms with Crippen molar-refractivity contribution in [2.24, 2.45) is 0 Å². The van der Waals surface area contributed by atoms with Crippen LogP contribution in [0, 0.1) is 0 Å². The number of methoxy groups -OCH3 is 1. The molecule has 0 radical (unpaired) electrons. The van der Waals surface area contributed by atoms with E-state index in [9.17, 15) is 9.59 Å². The highest BCUT2D eigenvalue weighted by Gasteiger charge is 2.32. The van der Waals surface area contributed by atoms with Crippen LogP contribution in [0.4, 0.5) is 0 Å². The minimum absolute atomic E-state index is 0.240. The average molecular weight is 366 g/mol. The number of rotatable bonds is 10. The molecule has 144 valence electrons. The molecule has 8 nitrogen and oxygen atoms in total. The number of carboxylic acids is 1. The second-order valence-electron chi connectivity index (χ2n) is 5.87. The maximum absolute atomic E-state index is 12.1. The van der Waals surface area contributed by atoms with Gasteiger partial charge in [0.25, 0.3) is 0 Å². The number of amides is 1. The van der Waals surface area contributed by atoms with E-state index in [0.717, 1.165) is 5.56 Å². The fourth-order valence-electron chi connectivity index (χ4n) is 2.91. The van der Waals surface area contributed by atoms with Crippen molar-refractivity contribution < 1.29 is 28.9 Å². The molecule has 2 rings (SSSR count). The maximum atomic E-state index is 12.1. The number of carbonyl (C=O) groups is 2. The molecule has 1 fully saturated rings. The first kappa shape index (κ1) is 20.0. The van der Waals surface area contributed by atoms with E-state index < -0.39 is 12.0 Å². The second-order valence-corrected chi connectivity index (χ2v) is 5.87. The zero-order chi connectivity index (χ0) is 18.9. The van der Waals surface area contributed by atoms with E-state index in [2.05, 4.69) is 5.32 Å². The van der Waals surface area contributed by atoms with Crippen molar-refractivity contribution in [2.45, 2.75) is 25.9 Å². The Morgan fingerprint density at radius 2 is 2.19 bits per heavy atom. The summed E-state index contributed by atoms with van der Waals surface area (Å²) in [5.41, 5.74) is 0.839. The van der Waals surface area contributed by atoms with Gasteiger partial charge in [0.15, 0.2) is 11.5 Å². The Morgan fingerprint density at radius 1 is 1.38 bits per heavy atom. The van der Waals surface area contributed by atoms with Crippen LogP contribution < -0.4 is 14.8 Å². The van der Waals surface area contributed by atoms with Gasteiger partial charge in [0.1, 0.15) is 12.6 Å². The van der Waals surface area contributed by atoms with E-state index in [1.165, 1.54) is 0 Å². The number of nitrogens with one attached hydrogen (secondary N) is 1. The molecule has 1 unspecified atom stereocenters. The number of carbonyl (C=O) groups excluding carboxylic acids is 1. The second kappa shape index (κ2) is 9.98. The molecule has 0 saturated carbocycles. The Morgan fingerprint density at radius 3 is 2.88 bits per heavy atom. The van der Waals surface area contributed by atoms with Crippen molar-refractivity contribution >= 4 is 11.9 Å². The first-order valence-corrected chi connectivity index (χ1v) is 8.66. The van der Waals surface area contributed by atoms with E-state index >= 15 is 0 Å². The van der Waals surface area contributed by atoms with Crippen molar-refractivity contribution in [1.29, 1.82) is 0 Å². The number of hydrogen-bond donors (Lipinski definition) is 2. The summed E-state index contributed by atoms with van der Waals surface area (Å²) in [4.78, 5) is 25.1. The van der Waals surface area contributed by atoms with Crippen LogP contribution in [-0.2, 0) is 20.9 Å². The normalized spacial score (nSPS) is 17.6. The standard InChI is InChI=1S/C18H26N2O6/c1-3-25-9-10-26-17-13(5-4-6-15(17)24-2)12-20-8-7-19-18(23)14(20)11-16(21)22/h4-6,14H,3,7-12H2,1-2H3,(H,19,23)(H,21,22). The molecule has 1 aliphatic heterocycles. The van der Waals surface area contributed by atoms with Gasteiger partial charge in [-0.1, -0.05) is 12.1 Å². The third kappa shape index (κ3) is 5.34. The number of hydrogen-bond acceptors (Lipinski definition) is 6. The van der Waals surface area contributed by atoms with E-state index in [0.29, 0.717) is 51.0 Å². The molecule has 1 aromatic rings. The molecular formula is C18H26N2O6. The summed E-state index contributed by atoms with van der Waals surface area (Å²) < 4.78 is 16.5. The van der Waals surface area contributed by atoms with Gasteiger partial charge in [-0.05, 0) is 13.0 Å². The highest BCUT2D eigenvalue weighted by Crippen LogP contribution is 2.32. The predicted octanol–water partition coefficient (Wildman–Crippen LogP) is 0.886. The van der Waals surface area contributed by atoms with Gasteiger partial charge in [0, 0.05) is 31.8 Å². The molecule has 1 aliphatic rings. The van der Waals surface area contributed by atoms with Crippen LogP contribution in [0.3, 0.4) is 0 Å². The summed E-state index contributed by atoms with van der Waals surface area (Å²) in [5.74, 6) is -0.0822. The van der Waals surface area contributed by atoms with Crippen molar-refractivity contribution in [1.82, 2.24) is 10.2 Å². The molecule has 0 spiro atoms. The van der Waals surface area contributed by atoms with E-state index in [1.54, 1.807) is 13.2 Å². The molecule has 1 amide bonds. The Hall–Kier alpha value is -2.32. The highest BCUT2D eigenvalue weighted by atomic mass is 16.5. The number of ether oxygens (including phenoxy) is 3. The van der Waals surface area contributed by atoms with Gasteiger partial charge in [0.05, 0.1) is 20.1 Å². The van der Waals surface area contributed by atoms with Crippen LogP contribution in [-0.4, -0.2) is 67.9 Å². The van der Waals surface area contributed by atoms with Crippen LogP contribution >= 0.6 is 0 Å². The summed E-state index contributed by atoms with van der Waals surface area (Å²) in [6.07, 6.45) is -0.240. The molecule has 8 heteroatoms. The Bertz CT molecular complexity index is 622.